The molecular formula is C18H20O3. The van der Waals surface area contributed by atoms with Gasteiger partial charge in [-0.2, -0.15) is 0 Å². The lowest BCUT2D eigenvalue weighted by Gasteiger charge is -2.31. The Morgan fingerprint density at radius 2 is 2.10 bits per heavy atom. The molecule has 0 amide bonds. The van der Waals surface area contributed by atoms with Gasteiger partial charge in [-0.05, 0) is 35.7 Å². The van der Waals surface area contributed by atoms with Crippen LogP contribution < -0.4 is 0 Å². The van der Waals surface area contributed by atoms with E-state index in [1.165, 1.54) is 21.9 Å². The first-order chi connectivity index (χ1) is 10.2. The van der Waals surface area contributed by atoms with Gasteiger partial charge in [0.2, 0.25) is 0 Å². The zero-order valence-corrected chi connectivity index (χ0v) is 12.5. The van der Waals surface area contributed by atoms with Gasteiger partial charge in [-0.25, -0.2) is 0 Å². The van der Waals surface area contributed by atoms with Gasteiger partial charge < -0.3 is 9.47 Å². The maximum absolute atomic E-state index is 11.9. The maximum Gasteiger partial charge on any atom is 0.306 e. The summed E-state index contributed by atoms with van der Waals surface area (Å²) in [6.45, 7) is 4.89. The average Bonchev–Trinajstić information content (AvgIpc) is 2.50. The van der Waals surface area contributed by atoms with Crippen molar-refractivity contribution in [2.45, 2.75) is 32.3 Å². The van der Waals surface area contributed by atoms with Gasteiger partial charge in [0, 0.05) is 5.92 Å². The van der Waals surface area contributed by atoms with Gasteiger partial charge >= 0.3 is 5.97 Å². The van der Waals surface area contributed by atoms with Crippen LogP contribution >= 0.6 is 0 Å². The molecule has 0 saturated heterocycles. The minimum atomic E-state index is -0.153. The second kappa shape index (κ2) is 5.86. The largest absolute Gasteiger partial charge is 0.466 e. The van der Waals surface area contributed by atoms with Crippen molar-refractivity contribution < 1.29 is 14.3 Å². The molecule has 0 radical (unpaired) electrons. The van der Waals surface area contributed by atoms with Crippen LogP contribution in [0.1, 0.15) is 43.4 Å². The fourth-order valence-electron chi connectivity index (χ4n) is 3.14. The van der Waals surface area contributed by atoms with Crippen molar-refractivity contribution in [3.05, 3.63) is 47.5 Å². The van der Waals surface area contributed by atoms with Crippen LogP contribution in [0.5, 0.6) is 0 Å². The van der Waals surface area contributed by atoms with Crippen LogP contribution in [0, 0.1) is 0 Å². The third-order valence-electron chi connectivity index (χ3n) is 4.12. The van der Waals surface area contributed by atoms with Crippen LogP contribution in [0.4, 0.5) is 0 Å². The molecule has 21 heavy (non-hydrogen) atoms. The molecule has 0 aliphatic carbocycles. The van der Waals surface area contributed by atoms with E-state index in [2.05, 4.69) is 31.2 Å². The van der Waals surface area contributed by atoms with E-state index in [1.807, 2.05) is 19.1 Å². The van der Waals surface area contributed by atoms with Crippen molar-refractivity contribution in [3.8, 4) is 0 Å². The molecule has 3 rings (SSSR count). The van der Waals surface area contributed by atoms with E-state index in [0.29, 0.717) is 19.6 Å². The molecule has 0 fully saturated rings. The van der Waals surface area contributed by atoms with Gasteiger partial charge in [-0.15, -0.1) is 0 Å². The minimum Gasteiger partial charge on any atom is -0.466 e. The molecule has 0 bridgehead atoms. The summed E-state index contributed by atoms with van der Waals surface area (Å²) in [6.07, 6.45) is 0.449. The second-order valence-corrected chi connectivity index (χ2v) is 5.47. The van der Waals surface area contributed by atoms with Gasteiger partial charge in [-0.1, -0.05) is 36.4 Å². The van der Waals surface area contributed by atoms with E-state index in [1.54, 1.807) is 0 Å². The Morgan fingerprint density at radius 1 is 1.29 bits per heavy atom. The van der Waals surface area contributed by atoms with Crippen LogP contribution in [0.2, 0.25) is 0 Å². The molecule has 2 unspecified atom stereocenters. The molecule has 1 aliphatic rings. The molecular weight excluding hydrogens is 264 g/mol. The minimum absolute atomic E-state index is 0.0707. The van der Waals surface area contributed by atoms with Gasteiger partial charge in [0.25, 0.3) is 0 Å². The summed E-state index contributed by atoms with van der Waals surface area (Å²) in [6, 6.07) is 12.6. The second-order valence-electron chi connectivity index (χ2n) is 5.47. The monoisotopic (exact) mass is 284 g/mol. The Hall–Kier alpha value is -1.87. The topological polar surface area (TPSA) is 35.5 Å². The Balaban J connectivity index is 2.06. The number of rotatable bonds is 3. The fraction of sp³-hybridized carbons (Fsp3) is 0.389. The first kappa shape index (κ1) is 14.1. The molecule has 2 atom stereocenters. The summed E-state index contributed by atoms with van der Waals surface area (Å²) >= 11 is 0. The van der Waals surface area contributed by atoms with Gasteiger partial charge in [0.1, 0.15) is 0 Å². The van der Waals surface area contributed by atoms with E-state index in [-0.39, 0.29) is 18.0 Å². The van der Waals surface area contributed by atoms with Gasteiger partial charge in [0.05, 0.1) is 25.7 Å². The predicted molar refractivity (Wildman–Crippen MR) is 82.3 cm³/mol. The Kier molecular flexibility index (Phi) is 3.93. The smallest absolute Gasteiger partial charge is 0.306 e. The zero-order valence-electron chi connectivity index (χ0n) is 12.5. The number of carbonyl (C=O) groups is 1. The average molecular weight is 284 g/mol. The van der Waals surface area contributed by atoms with Crippen molar-refractivity contribution >= 4 is 16.7 Å². The quantitative estimate of drug-likeness (QED) is 0.800. The molecule has 3 nitrogen and oxygen atoms in total. The number of esters is 1. The van der Waals surface area contributed by atoms with Crippen LogP contribution in [0.3, 0.4) is 0 Å². The number of carbonyl (C=O) groups excluding carboxylic acids is 1. The molecule has 0 spiro atoms. The number of fused-ring (bicyclic) bond motifs is 3. The lowest BCUT2D eigenvalue weighted by molar-refractivity contribution is -0.144. The molecule has 0 N–H and O–H groups in total. The lowest BCUT2D eigenvalue weighted by Crippen LogP contribution is -2.23. The first-order valence-electron chi connectivity index (χ1n) is 7.49. The van der Waals surface area contributed by atoms with Crippen LogP contribution in [-0.4, -0.2) is 19.2 Å². The molecule has 110 valence electrons. The van der Waals surface area contributed by atoms with Crippen LogP contribution in [0.25, 0.3) is 10.8 Å². The summed E-state index contributed by atoms with van der Waals surface area (Å²) in [5.74, 6) is -0.0825. The van der Waals surface area contributed by atoms with E-state index >= 15 is 0 Å². The van der Waals surface area contributed by atoms with Crippen molar-refractivity contribution in [2.75, 3.05) is 13.2 Å². The highest BCUT2D eigenvalue weighted by atomic mass is 16.5. The summed E-state index contributed by atoms with van der Waals surface area (Å²) in [5, 5.41) is 2.43. The molecule has 2 aromatic rings. The number of hydrogen-bond acceptors (Lipinski definition) is 3. The third kappa shape index (κ3) is 2.66. The van der Waals surface area contributed by atoms with Crippen molar-refractivity contribution in [3.63, 3.8) is 0 Å². The van der Waals surface area contributed by atoms with E-state index in [9.17, 15) is 4.79 Å². The van der Waals surface area contributed by atoms with Gasteiger partial charge in [0.15, 0.2) is 0 Å². The van der Waals surface area contributed by atoms with Crippen LogP contribution in [0.15, 0.2) is 36.4 Å². The third-order valence-corrected chi connectivity index (χ3v) is 4.12. The Labute approximate surface area is 124 Å². The molecule has 3 heteroatoms. The molecule has 1 aliphatic heterocycles. The highest BCUT2D eigenvalue weighted by molar-refractivity contribution is 5.88. The van der Waals surface area contributed by atoms with E-state index in [0.717, 1.165) is 0 Å². The highest BCUT2D eigenvalue weighted by Crippen LogP contribution is 2.39. The van der Waals surface area contributed by atoms with Gasteiger partial charge in [-0.3, -0.25) is 4.79 Å². The normalized spacial score (nSPS) is 21.0. The predicted octanol–water partition coefficient (Wildman–Crippen LogP) is 3.97. The molecule has 0 saturated carbocycles. The first-order valence-corrected chi connectivity index (χ1v) is 7.49. The summed E-state index contributed by atoms with van der Waals surface area (Å²) in [7, 11) is 0. The Bertz CT molecular complexity index is 663. The molecule has 1 heterocycles. The highest BCUT2D eigenvalue weighted by Gasteiger charge is 2.29. The van der Waals surface area contributed by atoms with Crippen molar-refractivity contribution in [1.82, 2.24) is 0 Å². The van der Waals surface area contributed by atoms with Crippen molar-refractivity contribution in [2.24, 2.45) is 0 Å². The summed E-state index contributed by atoms with van der Waals surface area (Å²) < 4.78 is 10.9. The number of benzene rings is 2. The van der Waals surface area contributed by atoms with E-state index in [4.69, 9.17) is 9.47 Å². The Morgan fingerprint density at radius 3 is 2.90 bits per heavy atom. The summed E-state index contributed by atoms with van der Waals surface area (Å²) in [5.41, 5.74) is 2.44. The lowest BCUT2D eigenvalue weighted by atomic mass is 9.84. The van der Waals surface area contributed by atoms with Crippen LogP contribution in [-0.2, 0) is 14.3 Å². The standard InChI is InChI=1S/C18H20O3/c1-3-20-17(19)10-14-11-21-12(2)15-9-8-13-6-4-5-7-16(13)18(14)15/h4-9,12,14H,3,10-11H2,1-2H3. The molecule has 2 aromatic carbocycles. The number of ether oxygens (including phenoxy) is 2. The fourth-order valence-corrected chi connectivity index (χ4v) is 3.14. The maximum atomic E-state index is 11.9. The number of hydrogen-bond donors (Lipinski definition) is 0. The van der Waals surface area contributed by atoms with Crippen molar-refractivity contribution in [1.29, 1.82) is 0 Å². The molecule has 0 aromatic heterocycles. The summed E-state index contributed by atoms with van der Waals surface area (Å²) in [4.78, 5) is 11.9. The van der Waals surface area contributed by atoms with E-state index < -0.39 is 0 Å². The SMILES string of the molecule is CCOC(=O)CC1COC(C)c2ccc3ccccc3c21. The zero-order chi connectivity index (χ0) is 14.8.